The van der Waals surface area contributed by atoms with Gasteiger partial charge in [-0.3, -0.25) is 0 Å². The van der Waals surface area contributed by atoms with Crippen LogP contribution in [0.25, 0.3) is 10.9 Å². The van der Waals surface area contributed by atoms with Crippen molar-refractivity contribution in [2.24, 2.45) is 10.2 Å². The topological polar surface area (TPSA) is 104 Å². The van der Waals surface area contributed by atoms with Crippen LogP contribution in [0.1, 0.15) is 5.56 Å². The standard InChI is InChI=1S/C19H19N3O4S/c23-17-12-27(25,26)11-15(17)20-21-18-14-8-4-5-9-16(14)22(19(18)24)10-13-6-2-1-3-7-13/h1-9,15,17,23-24H,10-12H2. The lowest BCUT2D eigenvalue weighted by Gasteiger charge is -2.07. The van der Waals surface area contributed by atoms with Gasteiger partial charge >= 0.3 is 0 Å². The number of para-hydroxylation sites is 1. The maximum atomic E-state index is 11.6. The molecule has 140 valence electrons. The largest absolute Gasteiger partial charge is 0.493 e. The van der Waals surface area contributed by atoms with Gasteiger partial charge in [0.1, 0.15) is 6.04 Å². The molecule has 0 aliphatic carbocycles. The fourth-order valence-corrected chi connectivity index (χ4v) is 5.04. The predicted molar refractivity (Wildman–Crippen MR) is 102 cm³/mol. The van der Waals surface area contributed by atoms with E-state index in [-0.39, 0.29) is 23.1 Å². The van der Waals surface area contributed by atoms with E-state index in [4.69, 9.17) is 0 Å². The molecule has 7 nitrogen and oxygen atoms in total. The Kier molecular flexibility index (Phi) is 4.45. The molecule has 4 rings (SSSR count). The van der Waals surface area contributed by atoms with Gasteiger partial charge in [0, 0.05) is 5.39 Å². The number of azo groups is 1. The smallest absolute Gasteiger partial charge is 0.221 e. The molecule has 1 saturated heterocycles. The Bertz CT molecular complexity index is 1110. The van der Waals surface area contributed by atoms with E-state index in [1.807, 2.05) is 54.6 Å². The van der Waals surface area contributed by atoms with Crippen molar-refractivity contribution in [3.05, 3.63) is 60.2 Å². The van der Waals surface area contributed by atoms with Gasteiger partial charge in [0.2, 0.25) is 5.88 Å². The minimum atomic E-state index is -3.31. The second kappa shape index (κ2) is 6.79. The fraction of sp³-hybridized carbons (Fsp3) is 0.263. The van der Waals surface area contributed by atoms with Crippen LogP contribution < -0.4 is 0 Å². The van der Waals surface area contributed by atoms with Crippen molar-refractivity contribution in [1.29, 1.82) is 0 Å². The normalized spacial score (nSPS) is 22.0. The maximum Gasteiger partial charge on any atom is 0.221 e. The zero-order valence-electron chi connectivity index (χ0n) is 14.4. The molecule has 8 heteroatoms. The Hall–Kier alpha value is -2.71. The van der Waals surface area contributed by atoms with Crippen molar-refractivity contribution in [1.82, 2.24) is 4.57 Å². The summed E-state index contributed by atoms with van der Waals surface area (Å²) in [6.07, 6.45) is -1.07. The average Bonchev–Trinajstić information content (AvgIpc) is 3.07. The van der Waals surface area contributed by atoms with Gasteiger partial charge in [-0.05, 0) is 11.6 Å². The first-order chi connectivity index (χ1) is 12.9. The van der Waals surface area contributed by atoms with Crippen LogP contribution in [-0.2, 0) is 16.4 Å². The van der Waals surface area contributed by atoms with Crippen molar-refractivity contribution < 1.29 is 18.6 Å². The number of sulfone groups is 1. The van der Waals surface area contributed by atoms with Crippen LogP contribution in [0.2, 0.25) is 0 Å². The van der Waals surface area contributed by atoms with Crippen LogP contribution in [0.15, 0.2) is 64.8 Å². The minimum Gasteiger partial charge on any atom is -0.493 e. The van der Waals surface area contributed by atoms with Gasteiger partial charge in [0.15, 0.2) is 15.5 Å². The second-order valence-electron chi connectivity index (χ2n) is 6.69. The first kappa shape index (κ1) is 17.7. The molecule has 1 aromatic heterocycles. The Morgan fingerprint density at radius 3 is 2.44 bits per heavy atom. The third-order valence-electron chi connectivity index (χ3n) is 4.70. The first-order valence-electron chi connectivity index (χ1n) is 8.58. The molecule has 0 amide bonds. The van der Waals surface area contributed by atoms with Crippen LogP contribution in [-0.4, -0.2) is 46.8 Å². The second-order valence-corrected chi connectivity index (χ2v) is 8.84. The Morgan fingerprint density at radius 1 is 1.04 bits per heavy atom. The third-order valence-corrected chi connectivity index (χ3v) is 6.40. The predicted octanol–water partition coefficient (Wildman–Crippen LogP) is 2.64. The number of rotatable bonds is 4. The van der Waals surface area contributed by atoms with Crippen LogP contribution in [0.4, 0.5) is 5.69 Å². The van der Waals surface area contributed by atoms with Gasteiger partial charge in [-0.25, -0.2) is 8.42 Å². The molecule has 2 heterocycles. The first-order valence-corrected chi connectivity index (χ1v) is 10.4. The Labute approximate surface area is 156 Å². The highest BCUT2D eigenvalue weighted by atomic mass is 32.2. The number of fused-ring (bicyclic) bond motifs is 1. The molecule has 0 spiro atoms. The molecule has 2 atom stereocenters. The van der Waals surface area contributed by atoms with E-state index in [0.717, 1.165) is 11.1 Å². The molecule has 0 bridgehead atoms. The summed E-state index contributed by atoms with van der Waals surface area (Å²) >= 11 is 0. The van der Waals surface area contributed by atoms with Gasteiger partial charge in [0.05, 0.1) is 29.7 Å². The molecule has 0 saturated carbocycles. The molecule has 0 radical (unpaired) electrons. The molecule has 27 heavy (non-hydrogen) atoms. The number of benzene rings is 2. The number of aromatic nitrogens is 1. The number of nitrogens with zero attached hydrogens (tertiary/aromatic N) is 3. The summed E-state index contributed by atoms with van der Waals surface area (Å²) in [5.74, 6) is -0.585. The lowest BCUT2D eigenvalue weighted by Crippen LogP contribution is -2.20. The van der Waals surface area contributed by atoms with Gasteiger partial charge in [0.25, 0.3) is 0 Å². The van der Waals surface area contributed by atoms with E-state index in [1.165, 1.54) is 0 Å². The minimum absolute atomic E-state index is 0.0425. The summed E-state index contributed by atoms with van der Waals surface area (Å²) in [7, 11) is -3.31. The number of hydrogen-bond acceptors (Lipinski definition) is 6. The van der Waals surface area contributed by atoms with Crippen molar-refractivity contribution >= 4 is 26.4 Å². The highest BCUT2D eigenvalue weighted by molar-refractivity contribution is 7.91. The summed E-state index contributed by atoms with van der Waals surface area (Å²) in [5, 5.41) is 29.5. The fourth-order valence-electron chi connectivity index (χ4n) is 3.35. The van der Waals surface area contributed by atoms with Gasteiger partial charge in [-0.1, -0.05) is 48.5 Å². The number of aliphatic hydroxyl groups excluding tert-OH is 1. The van der Waals surface area contributed by atoms with Crippen molar-refractivity contribution in [3.63, 3.8) is 0 Å². The SMILES string of the molecule is O=S1(=O)CC(O)C(N=Nc2c(O)n(Cc3ccccc3)c3ccccc23)C1. The summed E-state index contributed by atoms with van der Waals surface area (Å²) < 4.78 is 25.0. The lowest BCUT2D eigenvalue weighted by molar-refractivity contribution is 0.181. The highest BCUT2D eigenvalue weighted by Gasteiger charge is 2.36. The van der Waals surface area contributed by atoms with E-state index < -0.39 is 22.0 Å². The van der Waals surface area contributed by atoms with Crippen LogP contribution in [0, 0.1) is 0 Å². The third kappa shape index (κ3) is 3.45. The summed E-state index contributed by atoms with van der Waals surface area (Å²) in [4.78, 5) is 0. The summed E-state index contributed by atoms with van der Waals surface area (Å²) in [6.45, 7) is 0.461. The average molecular weight is 385 g/mol. The summed E-state index contributed by atoms with van der Waals surface area (Å²) in [6, 6.07) is 16.3. The molecule has 2 unspecified atom stereocenters. The van der Waals surface area contributed by atoms with Crippen molar-refractivity contribution in [2.75, 3.05) is 11.5 Å². The van der Waals surface area contributed by atoms with Crippen molar-refractivity contribution in [2.45, 2.75) is 18.7 Å². The molecule has 2 N–H and O–H groups in total. The van der Waals surface area contributed by atoms with E-state index >= 15 is 0 Å². The molecular formula is C19H19N3O4S. The van der Waals surface area contributed by atoms with Gasteiger partial charge < -0.3 is 14.8 Å². The van der Waals surface area contributed by atoms with E-state index in [2.05, 4.69) is 10.2 Å². The molecule has 1 fully saturated rings. The van der Waals surface area contributed by atoms with Gasteiger partial charge in [-0.2, -0.15) is 5.11 Å². The van der Waals surface area contributed by atoms with Crippen LogP contribution in [0.3, 0.4) is 0 Å². The van der Waals surface area contributed by atoms with Crippen LogP contribution >= 0.6 is 0 Å². The van der Waals surface area contributed by atoms with Gasteiger partial charge in [-0.15, -0.1) is 5.11 Å². The maximum absolute atomic E-state index is 11.6. The van der Waals surface area contributed by atoms with Crippen LogP contribution in [0.5, 0.6) is 5.88 Å². The van der Waals surface area contributed by atoms with E-state index in [0.29, 0.717) is 11.9 Å². The van der Waals surface area contributed by atoms with E-state index in [1.54, 1.807) is 4.57 Å². The zero-order valence-corrected chi connectivity index (χ0v) is 15.2. The monoisotopic (exact) mass is 385 g/mol. The zero-order chi connectivity index (χ0) is 19.0. The molecule has 2 aromatic carbocycles. The van der Waals surface area contributed by atoms with E-state index in [9.17, 15) is 18.6 Å². The number of aromatic hydroxyl groups is 1. The Morgan fingerprint density at radius 2 is 1.74 bits per heavy atom. The lowest BCUT2D eigenvalue weighted by atomic mass is 10.2. The van der Waals surface area contributed by atoms with Crippen molar-refractivity contribution in [3.8, 4) is 5.88 Å². The quantitative estimate of drug-likeness (QED) is 0.674. The molecular weight excluding hydrogens is 366 g/mol. The number of aliphatic hydroxyl groups is 1. The summed E-state index contributed by atoms with van der Waals surface area (Å²) in [5.41, 5.74) is 2.10. The number of hydrogen-bond donors (Lipinski definition) is 2. The molecule has 1 aliphatic heterocycles. The molecule has 1 aliphatic rings. The highest BCUT2D eigenvalue weighted by Crippen LogP contribution is 2.39. The Balaban J connectivity index is 1.73. The molecule has 3 aromatic rings.